The lowest BCUT2D eigenvalue weighted by Crippen LogP contribution is -2.41. The normalized spacial score (nSPS) is 18.6. The summed E-state index contributed by atoms with van der Waals surface area (Å²) in [4.78, 5) is 9.53. The van der Waals surface area contributed by atoms with E-state index in [0.29, 0.717) is 12.0 Å². The van der Waals surface area contributed by atoms with Gasteiger partial charge in [0.25, 0.3) is 0 Å². The monoisotopic (exact) mass is 460 g/mol. The Kier molecular flexibility index (Phi) is 10.2. The molecule has 2 unspecified atom stereocenters. The minimum atomic E-state index is 0. The number of guanidine groups is 1. The van der Waals surface area contributed by atoms with Gasteiger partial charge in [-0.25, -0.2) is 0 Å². The van der Waals surface area contributed by atoms with Crippen LogP contribution in [0.2, 0.25) is 0 Å². The van der Waals surface area contributed by atoms with Crippen LogP contribution in [0.25, 0.3) is 0 Å². The number of likely N-dealkylation sites (N-methyl/N-ethyl adjacent to an activating group) is 1. The number of halogens is 1. The molecule has 0 saturated carbocycles. The van der Waals surface area contributed by atoms with Gasteiger partial charge in [-0.05, 0) is 32.4 Å². The number of ether oxygens (including phenoxy) is 1. The Morgan fingerprint density at radius 2 is 2.12 bits per heavy atom. The van der Waals surface area contributed by atoms with Gasteiger partial charge in [-0.15, -0.1) is 24.0 Å². The number of aliphatic imine (C=N–C) groups is 1. The molecule has 25 heavy (non-hydrogen) atoms. The predicted molar refractivity (Wildman–Crippen MR) is 117 cm³/mol. The van der Waals surface area contributed by atoms with Crippen LogP contribution < -0.4 is 10.2 Å². The highest BCUT2D eigenvalue weighted by molar-refractivity contribution is 14.0. The third-order valence-corrected chi connectivity index (χ3v) is 4.65. The van der Waals surface area contributed by atoms with Crippen LogP contribution in [0.5, 0.6) is 0 Å². The molecule has 0 bridgehead atoms. The van der Waals surface area contributed by atoms with Gasteiger partial charge in [-0.3, -0.25) is 4.99 Å². The van der Waals surface area contributed by atoms with Crippen molar-refractivity contribution in [1.29, 1.82) is 0 Å². The predicted octanol–water partition coefficient (Wildman–Crippen LogP) is 3.06. The van der Waals surface area contributed by atoms with Crippen molar-refractivity contribution in [1.82, 2.24) is 10.2 Å². The van der Waals surface area contributed by atoms with E-state index in [1.54, 1.807) is 7.11 Å². The van der Waals surface area contributed by atoms with Crippen molar-refractivity contribution in [2.45, 2.75) is 26.3 Å². The van der Waals surface area contributed by atoms with Crippen molar-refractivity contribution < 1.29 is 4.74 Å². The molecule has 1 aromatic carbocycles. The van der Waals surface area contributed by atoms with Crippen molar-refractivity contribution in [3.8, 4) is 0 Å². The first-order valence-electron chi connectivity index (χ1n) is 8.95. The van der Waals surface area contributed by atoms with Crippen molar-refractivity contribution in [3.63, 3.8) is 0 Å². The van der Waals surface area contributed by atoms with Crippen molar-refractivity contribution in [2.75, 3.05) is 51.8 Å². The van der Waals surface area contributed by atoms with Crippen molar-refractivity contribution >= 4 is 35.6 Å². The smallest absolute Gasteiger partial charge is 0.193 e. The topological polar surface area (TPSA) is 40.1 Å². The van der Waals surface area contributed by atoms with Crippen LogP contribution in [0.3, 0.4) is 0 Å². The SMILES string of the molecule is CCNC(=NCC(C)N(C)c1ccccc1)N1CCC(COC)C1.I. The van der Waals surface area contributed by atoms with Crippen LogP contribution in [-0.2, 0) is 4.74 Å². The van der Waals surface area contributed by atoms with Crippen LogP contribution in [0.1, 0.15) is 20.3 Å². The quantitative estimate of drug-likeness (QED) is 0.386. The molecule has 1 aromatic rings. The molecule has 2 atom stereocenters. The lowest BCUT2D eigenvalue weighted by molar-refractivity contribution is 0.157. The third kappa shape index (κ3) is 6.66. The van der Waals surface area contributed by atoms with Crippen LogP contribution in [0.4, 0.5) is 5.69 Å². The van der Waals surface area contributed by atoms with Crippen LogP contribution in [-0.4, -0.2) is 63.8 Å². The highest BCUT2D eigenvalue weighted by atomic mass is 127. The van der Waals surface area contributed by atoms with E-state index in [4.69, 9.17) is 9.73 Å². The molecule has 6 heteroatoms. The number of benzene rings is 1. The maximum Gasteiger partial charge on any atom is 0.193 e. The molecule has 1 fully saturated rings. The number of methoxy groups -OCH3 is 1. The van der Waals surface area contributed by atoms with Gasteiger partial charge in [0, 0.05) is 51.4 Å². The molecule has 1 saturated heterocycles. The van der Waals surface area contributed by atoms with Gasteiger partial charge >= 0.3 is 0 Å². The Balaban J connectivity index is 0.00000312. The summed E-state index contributed by atoms with van der Waals surface area (Å²) in [6.07, 6.45) is 1.18. The summed E-state index contributed by atoms with van der Waals surface area (Å²) in [5, 5.41) is 3.44. The van der Waals surface area contributed by atoms with Crippen molar-refractivity contribution in [2.24, 2.45) is 10.9 Å². The van der Waals surface area contributed by atoms with Crippen LogP contribution in [0.15, 0.2) is 35.3 Å². The third-order valence-electron chi connectivity index (χ3n) is 4.65. The van der Waals surface area contributed by atoms with Gasteiger partial charge in [0.15, 0.2) is 5.96 Å². The molecule has 5 nitrogen and oxygen atoms in total. The second kappa shape index (κ2) is 11.6. The minimum Gasteiger partial charge on any atom is -0.384 e. The number of para-hydroxylation sites is 1. The zero-order chi connectivity index (χ0) is 17.4. The number of rotatable bonds is 7. The van der Waals surface area contributed by atoms with E-state index in [-0.39, 0.29) is 24.0 Å². The number of nitrogens with one attached hydrogen (secondary N) is 1. The Morgan fingerprint density at radius 3 is 2.76 bits per heavy atom. The van der Waals surface area contributed by atoms with Crippen molar-refractivity contribution in [3.05, 3.63) is 30.3 Å². The summed E-state index contributed by atoms with van der Waals surface area (Å²) in [6.45, 7) is 8.94. The summed E-state index contributed by atoms with van der Waals surface area (Å²) in [5.41, 5.74) is 1.23. The maximum atomic E-state index is 5.30. The van der Waals surface area contributed by atoms with Gasteiger partial charge in [0.2, 0.25) is 0 Å². The van der Waals surface area contributed by atoms with Gasteiger partial charge in [0.1, 0.15) is 0 Å². The molecule has 0 aliphatic carbocycles. The minimum absolute atomic E-state index is 0. The number of nitrogens with zero attached hydrogens (tertiary/aromatic N) is 3. The summed E-state index contributed by atoms with van der Waals surface area (Å²) < 4.78 is 5.30. The highest BCUT2D eigenvalue weighted by Gasteiger charge is 2.24. The maximum absolute atomic E-state index is 5.30. The molecule has 142 valence electrons. The Bertz CT molecular complexity index is 511. The molecule has 1 aliphatic rings. The summed E-state index contributed by atoms with van der Waals surface area (Å²) in [7, 11) is 3.91. The molecular weight excluding hydrogens is 427 g/mol. The second-order valence-corrected chi connectivity index (χ2v) is 6.55. The molecule has 0 radical (unpaired) electrons. The first kappa shape index (κ1) is 22.0. The van der Waals surface area contributed by atoms with Gasteiger partial charge < -0.3 is 19.9 Å². The average Bonchev–Trinajstić information content (AvgIpc) is 3.07. The fourth-order valence-electron chi connectivity index (χ4n) is 3.08. The summed E-state index contributed by atoms with van der Waals surface area (Å²) in [6, 6.07) is 10.8. The zero-order valence-electron chi connectivity index (χ0n) is 15.9. The zero-order valence-corrected chi connectivity index (χ0v) is 18.3. The lowest BCUT2D eigenvalue weighted by atomic mass is 10.1. The lowest BCUT2D eigenvalue weighted by Gasteiger charge is -2.27. The Morgan fingerprint density at radius 1 is 1.40 bits per heavy atom. The number of hydrogen-bond acceptors (Lipinski definition) is 3. The Hall–Kier alpha value is -1.02. The van der Waals surface area contributed by atoms with E-state index < -0.39 is 0 Å². The molecule has 0 amide bonds. The van der Waals surface area contributed by atoms with E-state index in [1.807, 2.05) is 6.07 Å². The molecule has 0 aromatic heterocycles. The van der Waals surface area contributed by atoms with E-state index >= 15 is 0 Å². The summed E-state index contributed by atoms with van der Waals surface area (Å²) >= 11 is 0. The van der Waals surface area contributed by atoms with Crippen LogP contribution in [0, 0.1) is 5.92 Å². The number of anilines is 1. The fourth-order valence-corrected chi connectivity index (χ4v) is 3.08. The summed E-state index contributed by atoms with van der Waals surface area (Å²) in [5.74, 6) is 1.65. The molecule has 1 heterocycles. The van der Waals surface area contributed by atoms with Gasteiger partial charge in [0.05, 0.1) is 13.2 Å². The molecule has 0 spiro atoms. The molecular formula is C19H33IN4O. The van der Waals surface area contributed by atoms with E-state index in [1.165, 1.54) is 12.1 Å². The number of hydrogen-bond donors (Lipinski definition) is 1. The highest BCUT2D eigenvalue weighted by Crippen LogP contribution is 2.17. The molecule has 1 N–H and O–H groups in total. The molecule has 2 rings (SSSR count). The first-order chi connectivity index (χ1) is 11.7. The largest absolute Gasteiger partial charge is 0.384 e. The van der Waals surface area contributed by atoms with E-state index in [2.05, 4.69) is 60.3 Å². The van der Waals surface area contributed by atoms with Crippen LogP contribution >= 0.6 is 24.0 Å². The fraction of sp³-hybridized carbons (Fsp3) is 0.632. The van der Waals surface area contributed by atoms with E-state index in [0.717, 1.165) is 38.7 Å². The standard InChI is InChI=1S/C19H32N4O.HI/c1-5-20-19(23-12-11-17(14-23)15-24-4)21-13-16(2)22(3)18-9-7-6-8-10-18;/h6-10,16-17H,5,11-15H2,1-4H3,(H,20,21);1H. The average molecular weight is 460 g/mol. The number of likely N-dealkylation sites (tertiary alicyclic amines) is 1. The Labute approximate surface area is 169 Å². The van der Waals surface area contributed by atoms with E-state index in [9.17, 15) is 0 Å². The van der Waals surface area contributed by atoms with Gasteiger partial charge in [-0.2, -0.15) is 0 Å². The molecule has 1 aliphatic heterocycles. The van der Waals surface area contributed by atoms with Gasteiger partial charge in [-0.1, -0.05) is 18.2 Å². The second-order valence-electron chi connectivity index (χ2n) is 6.55. The first-order valence-corrected chi connectivity index (χ1v) is 8.95.